The molecule has 0 saturated carbocycles. The summed E-state index contributed by atoms with van der Waals surface area (Å²) >= 11 is 0. The van der Waals surface area contributed by atoms with Crippen molar-refractivity contribution >= 4 is 6.09 Å². The molecule has 4 nitrogen and oxygen atoms in total. The van der Waals surface area contributed by atoms with Crippen LogP contribution in [0.25, 0.3) is 0 Å². The first-order chi connectivity index (χ1) is 10.9. The Labute approximate surface area is 138 Å². The predicted molar refractivity (Wildman–Crippen MR) is 89.7 cm³/mol. The van der Waals surface area contributed by atoms with Crippen molar-refractivity contribution in [3.05, 3.63) is 41.5 Å². The average Bonchev–Trinajstić information content (AvgIpc) is 2.51. The smallest absolute Gasteiger partial charge is 0.410 e. The molecule has 1 aliphatic heterocycles. The van der Waals surface area contributed by atoms with E-state index in [9.17, 15) is 4.79 Å². The number of hydrogen-bond acceptors (Lipinski definition) is 3. The van der Waals surface area contributed by atoms with Crippen LogP contribution in [0.2, 0.25) is 0 Å². The van der Waals surface area contributed by atoms with Crippen molar-refractivity contribution < 1.29 is 14.3 Å². The van der Waals surface area contributed by atoms with Gasteiger partial charge in [-0.15, -0.1) is 0 Å². The molecule has 0 saturated heterocycles. The second-order valence-corrected chi connectivity index (χ2v) is 7.29. The third kappa shape index (κ3) is 3.21. The van der Waals surface area contributed by atoms with Gasteiger partial charge in [0.1, 0.15) is 11.4 Å². The Morgan fingerprint density at radius 3 is 2.65 bits per heavy atom. The minimum absolute atomic E-state index is 0.177. The Bertz CT molecular complexity index is 630. The van der Waals surface area contributed by atoms with Crippen molar-refractivity contribution in [2.75, 3.05) is 7.11 Å². The van der Waals surface area contributed by atoms with Crippen LogP contribution in [-0.4, -0.2) is 29.7 Å². The van der Waals surface area contributed by atoms with Gasteiger partial charge in [0, 0.05) is 18.5 Å². The number of rotatable bonds is 1. The number of hydrogen-bond donors (Lipinski definition) is 0. The Balaban J connectivity index is 1.95. The number of ether oxygens (including phenoxy) is 2. The van der Waals surface area contributed by atoms with Crippen molar-refractivity contribution in [1.82, 2.24) is 4.90 Å². The normalized spacial score (nSPS) is 23.0. The lowest BCUT2D eigenvalue weighted by atomic mass is 9.77. The summed E-state index contributed by atoms with van der Waals surface area (Å²) in [6, 6.07) is 6.38. The summed E-state index contributed by atoms with van der Waals surface area (Å²) in [6.07, 6.45) is 6.01. The lowest BCUT2D eigenvalue weighted by Crippen LogP contribution is -2.48. The molecule has 0 aromatic heterocycles. The number of nitrogens with zero attached hydrogens (tertiary/aromatic N) is 1. The standard InChI is InChI=1S/C19H25NO3/c1-19(2,3)23-18(21)20-12-13-11-14(22-4)9-10-15(13)16-7-5-6-8-17(16)20/h5-6,9-11,16-17H,7-8,12H2,1-4H3/t16-,17-/m0/s1. The van der Waals surface area contributed by atoms with Crippen LogP contribution < -0.4 is 4.74 Å². The van der Waals surface area contributed by atoms with E-state index in [0.717, 1.165) is 24.2 Å². The zero-order chi connectivity index (χ0) is 16.6. The van der Waals surface area contributed by atoms with Gasteiger partial charge < -0.3 is 9.47 Å². The zero-order valence-electron chi connectivity index (χ0n) is 14.3. The van der Waals surface area contributed by atoms with Gasteiger partial charge in [-0.2, -0.15) is 0 Å². The monoisotopic (exact) mass is 315 g/mol. The molecule has 0 radical (unpaired) electrons. The van der Waals surface area contributed by atoms with Crippen molar-refractivity contribution in [3.63, 3.8) is 0 Å². The van der Waals surface area contributed by atoms with E-state index in [1.807, 2.05) is 37.8 Å². The Morgan fingerprint density at radius 2 is 1.96 bits per heavy atom. The lowest BCUT2D eigenvalue weighted by Gasteiger charge is -2.43. The van der Waals surface area contributed by atoms with Gasteiger partial charge in [0.25, 0.3) is 0 Å². The zero-order valence-corrected chi connectivity index (χ0v) is 14.3. The molecule has 4 heteroatoms. The summed E-state index contributed by atoms with van der Waals surface area (Å²) in [7, 11) is 1.67. The molecule has 124 valence electrons. The number of amides is 1. The summed E-state index contributed by atoms with van der Waals surface area (Å²) < 4.78 is 11.0. The van der Waals surface area contributed by atoms with Gasteiger partial charge in [0.15, 0.2) is 0 Å². The van der Waals surface area contributed by atoms with Gasteiger partial charge in [0.05, 0.1) is 7.11 Å². The van der Waals surface area contributed by atoms with Gasteiger partial charge in [-0.3, -0.25) is 4.90 Å². The van der Waals surface area contributed by atoms with Crippen molar-refractivity contribution in [2.45, 2.75) is 57.7 Å². The van der Waals surface area contributed by atoms with E-state index in [-0.39, 0.29) is 12.1 Å². The minimum Gasteiger partial charge on any atom is -0.497 e. The maximum Gasteiger partial charge on any atom is 0.410 e. The highest BCUT2D eigenvalue weighted by Crippen LogP contribution is 2.41. The minimum atomic E-state index is -0.480. The maximum atomic E-state index is 12.7. The Morgan fingerprint density at radius 1 is 1.22 bits per heavy atom. The third-order valence-electron chi connectivity index (χ3n) is 4.52. The molecule has 0 bridgehead atoms. The summed E-state index contributed by atoms with van der Waals surface area (Å²) in [4.78, 5) is 14.6. The highest BCUT2D eigenvalue weighted by molar-refractivity contribution is 5.70. The quantitative estimate of drug-likeness (QED) is 0.727. The first kappa shape index (κ1) is 15.9. The fraction of sp³-hybridized carbons (Fsp3) is 0.526. The molecule has 1 heterocycles. The number of fused-ring (bicyclic) bond motifs is 3. The summed E-state index contributed by atoms with van der Waals surface area (Å²) in [6.45, 7) is 6.30. The van der Waals surface area contributed by atoms with E-state index in [4.69, 9.17) is 9.47 Å². The molecule has 2 aliphatic rings. The SMILES string of the molecule is COc1ccc2c(c1)CN(C(=O)OC(C)(C)C)[C@H]1CC=CC[C@@H]21. The molecular formula is C19H25NO3. The van der Waals surface area contributed by atoms with E-state index < -0.39 is 5.60 Å². The van der Waals surface area contributed by atoms with E-state index in [1.165, 1.54) is 5.56 Å². The molecule has 0 unspecified atom stereocenters. The number of allylic oxidation sites excluding steroid dienone is 1. The van der Waals surface area contributed by atoms with E-state index in [1.54, 1.807) is 7.11 Å². The van der Waals surface area contributed by atoms with Gasteiger partial charge in [-0.05, 0) is 56.9 Å². The predicted octanol–water partition coefficient (Wildman–Crippen LogP) is 4.25. The average molecular weight is 315 g/mol. The first-order valence-electron chi connectivity index (χ1n) is 8.20. The van der Waals surface area contributed by atoms with Crippen LogP contribution >= 0.6 is 0 Å². The van der Waals surface area contributed by atoms with Crippen LogP contribution in [-0.2, 0) is 11.3 Å². The van der Waals surface area contributed by atoms with Crippen molar-refractivity contribution in [2.24, 2.45) is 0 Å². The molecule has 0 spiro atoms. The number of carbonyl (C=O) groups excluding carboxylic acids is 1. The Hall–Kier alpha value is -1.97. The molecule has 1 aliphatic carbocycles. The van der Waals surface area contributed by atoms with Gasteiger partial charge in [0.2, 0.25) is 0 Å². The summed E-state index contributed by atoms with van der Waals surface area (Å²) in [5.41, 5.74) is 2.01. The van der Waals surface area contributed by atoms with Crippen LogP contribution in [0.5, 0.6) is 5.75 Å². The van der Waals surface area contributed by atoms with E-state index in [0.29, 0.717) is 12.5 Å². The number of benzene rings is 1. The number of carbonyl (C=O) groups is 1. The van der Waals surface area contributed by atoms with Crippen LogP contribution in [0.3, 0.4) is 0 Å². The molecule has 1 amide bonds. The third-order valence-corrected chi connectivity index (χ3v) is 4.52. The molecule has 1 aromatic carbocycles. The van der Waals surface area contributed by atoms with Crippen LogP contribution in [0.15, 0.2) is 30.4 Å². The second kappa shape index (κ2) is 5.91. The fourth-order valence-electron chi connectivity index (χ4n) is 3.51. The Kier molecular flexibility index (Phi) is 4.09. The van der Waals surface area contributed by atoms with Crippen LogP contribution in [0, 0.1) is 0 Å². The number of methoxy groups -OCH3 is 1. The highest BCUT2D eigenvalue weighted by atomic mass is 16.6. The fourth-order valence-corrected chi connectivity index (χ4v) is 3.51. The molecule has 23 heavy (non-hydrogen) atoms. The van der Waals surface area contributed by atoms with E-state index in [2.05, 4.69) is 18.2 Å². The van der Waals surface area contributed by atoms with Crippen LogP contribution in [0.1, 0.15) is 50.7 Å². The van der Waals surface area contributed by atoms with Crippen molar-refractivity contribution in [3.8, 4) is 5.75 Å². The summed E-state index contributed by atoms with van der Waals surface area (Å²) in [5.74, 6) is 1.17. The van der Waals surface area contributed by atoms with Gasteiger partial charge >= 0.3 is 6.09 Å². The first-order valence-corrected chi connectivity index (χ1v) is 8.20. The lowest BCUT2D eigenvalue weighted by molar-refractivity contribution is 0.00802. The summed E-state index contributed by atoms with van der Waals surface area (Å²) in [5, 5.41) is 0. The highest BCUT2D eigenvalue weighted by Gasteiger charge is 2.39. The second-order valence-electron chi connectivity index (χ2n) is 7.29. The largest absolute Gasteiger partial charge is 0.497 e. The molecule has 2 atom stereocenters. The molecule has 0 fully saturated rings. The van der Waals surface area contributed by atoms with Crippen LogP contribution in [0.4, 0.5) is 4.79 Å². The van der Waals surface area contributed by atoms with E-state index >= 15 is 0 Å². The molecule has 3 rings (SSSR count). The molecular weight excluding hydrogens is 290 g/mol. The molecule has 1 aromatic rings. The van der Waals surface area contributed by atoms with Gasteiger partial charge in [-0.25, -0.2) is 4.79 Å². The van der Waals surface area contributed by atoms with Gasteiger partial charge in [-0.1, -0.05) is 18.2 Å². The maximum absolute atomic E-state index is 12.7. The topological polar surface area (TPSA) is 38.8 Å². The molecule has 0 N–H and O–H groups in total. The van der Waals surface area contributed by atoms with Crippen molar-refractivity contribution in [1.29, 1.82) is 0 Å².